The van der Waals surface area contributed by atoms with Crippen molar-refractivity contribution < 1.29 is 17.6 Å². The molecule has 162 valence electrons. The van der Waals surface area contributed by atoms with Crippen LogP contribution in [0.4, 0.5) is 10.1 Å². The number of halogens is 1. The van der Waals surface area contributed by atoms with Crippen LogP contribution in [0.2, 0.25) is 0 Å². The molecule has 0 spiro atoms. The summed E-state index contributed by atoms with van der Waals surface area (Å²) in [4.78, 5) is 12.8. The van der Waals surface area contributed by atoms with Gasteiger partial charge in [0.2, 0.25) is 5.91 Å². The number of amides is 1. The van der Waals surface area contributed by atoms with Gasteiger partial charge in [0.05, 0.1) is 10.6 Å². The van der Waals surface area contributed by atoms with Crippen LogP contribution in [0.15, 0.2) is 89.8 Å². The van der Waals surface area contributed by atoms with Crippen molar-refractivity contribution in [2.45, 2.75) is 30.7 Å². The fourth-order valence-electron chi connectivity index (χ4n) is 3.19. The molecule has 5 nitrogen and oxygen atoms in total. The first-order valence-electron chi connectivity index (χ1n) is 10.0. The summed E-state index contributed by atoms with van der Waals surface area (Å²) >= 11 is 0. The van der Waals surface area contributed by atoms with Crippen molar-refractivity contribution in [3.63, 3.8) is 0 Å². The van der Waals surface area contributed by atoms with Crippen molar-refractivity contribution in [1.29, 1.82) is 0 Å². The van der Waals surface area contributed by atoms with Crippen molar-refractivity contribution in [2.24, 2.45) is 0 Å². The Labute approximate surface area is 182 Å². The molecule has 0 radical (unpaired) electrons. The number of sulfonamides is 1. The van der Waals surface area contributed by atoms with Gasteiger partial charge in [0.25, 0.3) is 10.0 Å². The second-order valence-corrected chi connectivity index (χ2v) is 9.16. The summed E-state index contributed by atoms with van der Waals surface area (Å²) in [6, 6.07) is 22.7. The zero-order valence-corrected chi connectivity index (χ0v) is 18.1. The SMILES string of the molecule is C[C@H](CCc1ccccc1)NC(=O)CN(c1ccc(F)cc1)S(=O)(=O)c1ccccc1. The van der Waals surface area contributed by atoms with Crippen LogP contribution in [0.5, 0.6) is 0 Å². The minimum absolute atomic E-state index is 0.0595. The lowest BCUT2D eigenvalue weighted by molar-refractivity contribution is -0.120. The number of aryl methyl sites for hydroxylation is 1. The standard InChI is InChI=1S/C24H25FN2O3S/c1-19(12-13-20-8-4-2-5-9-20)26-24(28)18-27(22-16-14-21(25)15-17-22)31(29,30)23-10-6-3-7-11-23/h2-11,14-17,19H,12-13,18H2,1H3,(H,26,28)/t19-/m1/s1. The molecule has 0 saturated carbocycles. The van der Waals surface area contributed by atoms with Crippen LogP contribution in [0, 0.1) is 5.82 Å². The molecule has 1 N–H and O–H groups in total. The van der Waals surface area contributed by atoms with E-state index in [4.69, 9.17) is 0 Å². The van der Waals surface area contributed by atoms with E-state index in [1.165, 1.54) is 42.0 Å². The van der Waals surface area contributed by atoms with Crippen molar-refractivity contribution in [3.8, 4) is 0 Å². The molecule has 1 amide bonds. The molecule has 0 aromatic heterocycles. The van der Waals surface area contributed by atoms with Gasteiger partial charge in [-0.2, -0.15) is 0 Å². The molecular formula is C24H25FN2O3S. The predicted molar refractivity (Wildman–Crippen MR) is 120 cm³/mol. The minimum atomic E-state index is -4.00. The van der Waals surface area contributed by atoms with E-state index < -0.39 is 28.3 Å². The maximum absolute atomic E-state index is 13.4. The lowest BCUT2D eigenvalue weighted by Crippen LogP contribution is -2.43. The van der Waals surface area contributed by atoms with Crippen LogP contribution in [-0.4, -0.2) is 26.9 Å². The molecule has 7 heteroatoms. The van der Waals surface area contributed by atoms with Crippen molar-refractivity contribution in [3.05, 3.63) is 96.3 Å². The first-order chi connectivity index (χ1) is 14.9. The van der Waals surface area contributed by atoms with Gasteiger partial charge in [-0.25, -0.2) is 12.8 Å². The summed E-state index contributed by atoms with van der Waals surface area (Å²) in [6.07, 6.45) is 1.52. The van der Waals surface area contributed by atoms with Crippen LogP contribution in [-0.2, 0) is 21.2 Å². The highest BCUT2D eigenvalue weighted by molar-refractivity contribution is 7.92. The van der Waals surface area contributed by atoms with E-state index >= 15 is 0 Å². The first kappa shape index (κ1) is 22.5. The van der Waals surface area contributed by atoms with Crippen LogP contribution >= 0.6 is 0 Å². The second-order valence-electron chi connectivity index (χ2n) is 7.29. The molecule has 3 aromatic rings. The van der Waals surface area contributed by atoms with E-state index in [2.05, 4.69) is 5.32 Å². The molecule has 0 aliphatic carbocycles. The maximum Gasteiger partial charge on any atom is 0.264 e. The Morgan fingerprint density at radius 3 is 2.13 bits per heavy atom. The van der Waals surface area contributed by atoms with Gasteiger partial charge in [0.1, 0.15) is 12.4 Å². The van der Waals surface area contributed by atoms with Crippen LogP contribution in [0.25, 0.3) is 0 Å². The molecule has 0 aliphatic rings. The lowest BCUT2D eigenvalue weighted by Gasteiger charge is -2.25. The van der Waals surface area contributed by atoms with E-state index in [9.17, 15) is 17.6 Å². The number of nitrogens with zero attached hydrogens (tertiary/aromatic N) is 1. The molecule has 0 fully saturated rings. The van der Waals surface area contributed by atoms with E-state index in [0.717, 1.165) is 17.1 Å². The fourth-order valence-corrected chi connectivity index (χ4v) is 4.64. The molecular weight excluding hydrogens is 415 g/mol. The molecule has 31 heavy (non-hydrogen) atoms. The zero-order chi connectivity index (χ0) is 22.3. The number of benzene rings is 3. The zero-order valence-electron chi connectivity index (χ0n) is 17.2. The normalized spacial score (nSPS) is 12.2. The van der Waals surface area contributed by atoms with Crippen molar-refractivity contribution in [2.75, 3.05) is 10.8 Å². The van der Waals surface area contributed by atoms with E-state index in [0.29, 0.717) is 0 Å². The number of hydrogen-bond acceptors (Lipinski definition) is 3. The van der Waals surface area contributed by atoms with Gasteiger partial charge in [-0.05, 0) is 61.7 Å². The maximum atomic E-state index is 13.4. The van der Waals surface area contributed by atoms with E-state index in [1.807, 2.05) is 37.3 Å². The Balaban J connectivity index is 1.73. The molecule has 1 atom stereocenters. The molecule has 3 aromatic carbocycles. The Morgan fingerprint density at radius 1 is 0.935 bits per heavy atom. The summed E-state index contributed by atoms with van der Waals surface area (Å²) in [5.74, 6) is -0.913. The summed E-state index contributed by atoms with van der Waals surface area (Å²) in [6.45, 7) is 1.48. The van der Waals surface area contributed by atoms with Crippen LogP contribution < -0.4 is 9.62 Å². The summed E-state index contributed by atoms with van der Waals surface area (Å²) in [7, 11) is -4.00. The number of carbonyl (C=O) groups excluding carboxylic acids is 1. The van der Waals surface area contributed by atoms with Crippen molar-refractivity contribution >= 4 is 21.6 Å². The first-order valence-corrected chi connectivity index (χ1v) is 11.5. The van der Waals surface area contributed by atoms with E-state index in [-0.39, 0.29) is 16.6 Å². The highest BCUT2D eigenvalue weighted by Gasteiger charge is 2.27. The number of nitrogens with one attached hydrogen (secondary N) is 1. The smallest absolute Gasteiger partial charge is 0.264 e. The quantitative estimate of drug-likeness (QED) is 0.543. The molecule has 0 bridgehead atoms. The van der Waals surface area contributed by atoms with Gasteiger partial charge < -0.3 is 5.32 Å². The second kappa shape index (κ2) is 10.2. The van der Waals surface area contributed by atoms with Crippen LogP contribution in [0.1, 0.15) is 18.9 Å². The highest BCUT2D eigenvalue weighted by atomic mass is 32.2. The third kappa shape index (κ3) is 6.15. The Kier molecular flexibility index (Phi) is 7.41. The van der Waals surface area contributed by atoms with Gasteiger partial charge in [-0.15, -0.1) is 0 Å². The summed E-state index contributed by atoms with van der Waals surface area (Å²) in [5.41, 5.74) is 1.39. The lowest BCUT2D eigenvalue weighted by atomic mass is 10.1. The van der Waals surface area contributed by atoms with Gasteiger partial charge in [0.15, 0.2) is 0 Å². The largest absolute Gasteiger partial charge is 0.352 e. The molecule has 0 unspecified atom stereocenters. The van der Waals surface area contributed by atoms with Gasteiger partial charge in [-0.3, -0.25) is 9.10 Å². The molecule has 0 aliphatic heterocycles. The number of hydrogen-bond donors (Lipinski definition) is 1. The molecule has 0 heterocycles. The Bertz CT molecular complexity index is 1090. The monoisotopic (exact) mass is 440 g/mol. The summed E-state index contributed by atoms with van der Waals surface area (Å²) in [5, 5.41) is 2.87. The van der Waals surface area contributed by atoms with Gasteiger partial charge >= 0.3 is 0 Å². The fraction of sp³-hybridized carbons (Fsp3) is 0.208. The van der Waals surface area contributed by atoms with Crippen LogP contribution in [0.3, 0.4) is 0 Å². The van der Waals surface area contributed by atoms with Crippen molar-refractivity contribution in [1.82, 2.24) is 5.32 Å². The summed E-state index contributed by atoms with van der Waals surface area (Å²) < 4.78 is 40.8. The predicted octanol–water partition coefficient (Wildman–Crippen LogP) is 4.16. The molecule has 3 rings (SSSR count). The average Bonchev–Trinajstić information content (AvgIpc) is 2.78. The third-order valence-corrected chi connectivity index (χ3v) is 6.64. The Morgan fingerprint density at radius 2 is 1.52 bits per heavy atom. The highest BCUT2D eigenvalue weighted by Crippen LogP contribution is 2.23. The minimum Gasteiger partial charge on any atom is -0.352 e. The van der Waals surface area contributed by atoms with Gasteiger partial charge in [-0.1, -0.05) is 48.5 Å². The average molecular weight is 441 g/mol. The van der Waals surface area contributed by atoms with Gasteiger partial charge in [0, 0.05) is 6.04 Å². The molecule has 0 saturated heterocycles. The Hall–Kier alpha value is -3.19. The number of carbonyl (C=O) groups is 1. The number of anilines is 1. The topological polar surface area (TPSA) is 66.5 Å². The van der Waals surface area contributed by atoms with E-state index in [1.54, 1.807) is 18.2 Å². The number of rotatable bonds is 9. The third-order valence-electron chi connectivity index (χ3n) is 4.85.